The second kappa shape index (κ2) is 10.2. The number of ether oxygens (including phenoxy) is 1. The first-order chi connectivity index (χ1) is 13.7. The van der Waals surface area contributed by atoms with Gasteiger partial charge in [-0.1, -0.05) is 12.1 Å². The summed E-state index contributed by atoms with van der Waals surface area (Å²) in [7, 11) is 3.50. The molecule has 0 amide bonds. The summed E-state index contributed by atoms with van der Waals surface area (Å²) in [6.07, 6.45) is 3.44. The average molecular weight is 385 g/mol. The molecule has 1 aliphatic heterocycles. The van der Waals surface area contributed by atoms with Gasteiger partial charge in [-0.05, 0) is 69.1 Å². The average Bonchev–Trinajstić information content (AvgIpc) is 3.40. The van der Waals surface area contributed by atoms with Gasteiger partial charge in [0, 0.05) is 20.1 Å². The van der Waals surface area contributed by atoms with Crippen molar-refractivity contribution in [1.82, 2.24) is 15.5 Å². The lowest BCUT2D eigenvalue weighted by molar-refractivity contribution is 0.213. The molecular formula is C22H32N4O2. The molecule has 1 fully saturated rings. The summed E-state index contributed by atoms with van der Waals surface area (Å²) < 4.78 is 11.1. The molecule has 0 saturated carbocycles. The summed E-state index contributed by atoms with van der Waals surface area (Å²) in [5.74, 6) is 3.69. The smallest absolute Gasteiger partial charge is 0.191 e. The highest BCUT2D eigenvalue weighted by atomic mass is 16.5. The molecule has 1 atom stereocenters. The molecule has 6 nitrogen and oxygen atoms in total. The van der Waals surface area contributed by atoms with Crippen LogP contribution in [0.3, 0.4) is 0 Å². The van der Waals surface area contributed by atoms with Crippen molar-refractivity contribution >= 4 is 5.96 Å². The standard InChI is InChI=1S/C22H32N4O2/c1-17-6-11-21(28-17)20(26-14-4-5-15-26)16-25-22(23-2)24-13-12-18-7-9-19(27-3)10-8-18/h6-11,20H,4-5,12-16H2,1-3H3,(H2,23,24,25). The van der Waals surface area contributed by atoms with E-state index in [1.165, 1.54) is 18.4 Å². The van der Waals surface area contributed by atoms with Gasteiger partial charge < -0.3 is 19.8 Å². The monoisotopic (exact) mass is 384 g/mol. The van der Waals surface area contributed by atoms with Crippen molar-refractivity contribution in [3.63, 3.8) is 0 Å². The van der Waals surface area contributed by atoms with E-state index in [4.69, 9.17) is 9.15 Å². The van der Waals surface area contributed by atoms with Crippen molar-refractivity contribution in [3.05, 3.63) is 53.5 Å². The number of nitrogens with zero attached hydrogens (tertiary/aromatic N) is 2. The van der Waals surface area contributed by atoms with Crippen molar-refractivity contribution in [2.45, 2.75) is 32.2 Å². The summed E-state index contributed by atoms with van der Waals surface area (Å²) in [4.78, 5) is 6.87. The third-order valence-corrected chi connectivity index (χ3v) is 5.22. The fraction of sp³-hybridized carbons (Fsp3) is 0.500. The van der Waals surface area contributed by atoms with Crippen molar-refractivity contribution in [2.24, 2.45) is 4.99 Å². The minimum atomic E-state index is 0.233. The van der Waals surface area contributed by atoms with E-state index in [0.29, 0.717) is 0 Å². The molecule has 1 aliphatic rings. The number of methoxy groups -OCH3 is 1. The Morgan fingerprint density at radius 3 is 2.50 bits per heavy atom. The van der Waals surface area contributed by atoms with Crippen molar-refractivity contribution < 1.29 is 9.15 Å². The Labute approximate surface area is 168 Å². The van der Waals surface area contributed by atoms with E-state index in [0.717, 1.165) is 55.8 Å². The van der Waals surface area contributed by atoms with Crippen LogP contribution in [0.4, 0.5) is 0 Å². The Kier molecular flexibility index (Phi) is 7.37. The normalized spacial score (nSPS) is 16.2. The first kappa shape index (κ1) is 20.3. The molecule has 1 unspecified atom stereocenters. The first-order valence-corrected chi connectivity index (χ1v) is 10.1. The van der Waals surface area contributed by atoms with Gasteiger partial charge in [0.2, 0.25) is 0 Å². The molecule has 0 radical (unpaired) electrons. The van der Waals surface area contributed by atoms with Crippen LogP contribution in [0.2, 0.25) is 0 Å². The Morgan fingerprint density at radius 1 is 1.14 bits per heavy atom. The topological polar surface area (TPSA) is 62.0 Å². The van der Waals surface area contributed by atoms with Crippen molar-refractivity contribution in [1.29, 1.82) is 0 Å². The first-order valence-electron chi connectivity index (χ1n) is 10.1. The number of likely N-dealkylation sites (tertiary alicyclic amines) is 1. The van der Waals surface area contributed by atoms with Crippen LogP contribution in [0.5, 0.6) is 5.75 Å². The highest BCUT2D eigenvalue weighted by Crippen LogP contribution is 2.26. The molecule has 0 bridgehead atoms. The lowest BCUT2D eigenvalue weighted by Gasteiger charge is -2.26. The molecular weight excluding hydrogens is 352 g/mol. The minimum Gasteiger partial charge on any atom is -0.497 e. The maximum atomic E-state index is 5.93. The third kappa shape index (κ3) is 5.52. The van der Waals surface area contributed by atoms with E-state index < -0.39 is 0 Å². The molecule has 1 aromatic heterocycles. The Hall–Kier alpha value is -2.47. The maximum Gasteiger partial charge on any atom is 0.191 e. The lowest BCUT2D eigenvalue weighted by atomic mass is 10.1. The van der Waals surface area contributed by atoms with E-state index >= 15 is 0 Å². The van der Waals surface area contributed by atoms with Gasteiger partial charge in [0.1, 0.15) is 17.3 Å². The van der Waals surface area contributed by atoms with Crippen LogP contribution in [-0.2, 0) is 6.42 Å². The molecule has 28 heavy (non-hydrogen) atoms. The summed E-state index contributed by atoms with van der Waals surface area (Å²) in [6, 6.07) is 12.6. The molecule has 1 aromatic carbocycles. The zero-order valence-corrected chi connectivity index (χ0v) is 17.2. The molecule has 152 valence electrons. The largest absolute Gasteiger partial charge is 0.497 e. The quantitative estimate of drug-likeness (QED) is 0.541. The van der Waals surface area contributed by atoms with Crippen LogP contribution in [0.15, 0.2) is 45.8 Å². The second-order valence-corrected chi connectivity index (χ2v) is 7.19. The second-order valence-electron chi connectivity index (χ2n) is 7.19. The Morgan fingerprint density at radius 2 is 1.89 bits per heavy atom. The van der Waals surface area contributed by atoms with Crippen LogP contribution in [0, 0.1) is 6.92 Å². The molecule has 0 spiro atoms. The van der Waals surface area contributed by atoms with Gasteiger partial charge in [-0.15, -0.1) is 0 Å². The number of aryl methyl sites for hydroxylation is 1. The predicted octanol–water partition coefficient (Wildman–Crippen LogP) is 3.14. The molecule has 2 aromatic rings. The van der Waals surface area contributed by atoms with Crippen LogP contribution >= 0.6 is 0 Å². The van der Waals surface area contributed by atoms with Gasteiger partial charge >= 0.3 is 0 Å². The number of hydrogen-bond acceptors (Lipinski definition) is 4. The molecule has 2 heterocycles. The van der Waals surface area contributed by atoms with Gasteiger partial charge in [0.25, 0.3) is 0 Å². The number of furan rings is 1. The van der Waals surface area contributed by atoms with Gasteiger partial charge in [-0.25, -0.2) is 0 Å². The lowest BCUT2D eigenvalue weighted by Crippen LogP contribution is -2.43. The minimum absolute atomic E-state index is 0.233. The fourth-order valence-corrected chi connectivity index (χ4v) is 3.63. The summed E-state index contributed by atoms with van der Waals surface area (Å²) >= 11 is 0. The molecule has 2 N–H and O–H groups in total. The Bertz CT molecular complexity index is 748. The number of benzene rings is 1. The van der Waals surface area contributed by atoms with Crippen LogP contribution < -0.4 is 15.4 Å². The zero-order chi connectivity index (χ0) is 19.8. The van der Waals surface area contributed by atoms with Crippen LogP contribution in [-0.4, -0.2) is 51.2 Å². The van der Waals surface area contributed by atoms with Gasteiger partial charge in [0.15, 0.2) is 5.96 Å². The highest BCUT2D eigenvalue weighted by molar-refractivity contribution is 5.79. The summed E-state index contributed by atoms with van der Waals surface area (Å²) in [5, 5.41) is 6.88. The number of rotatable bonds is 8. The predicted molar refractivity (Wildman–Crippen MR) is 113 cm³/mol. The van der Waals surface area contributed by atoms with Gasteiger partial charge in [-0.3, -0.25) is 9.89 Å². The number of nitrogens with one attached hydrogen (secondary N) is 2. The van der Waals surface area contributed by atoms with Gasteiger partial charge in [0.05, 0.1) is 13.2 Å². The zero-order valence-electron chi connectivity index (χ0n) is 17.2. The fourth-order valence-electron chi connectivity index (χ4n) is 3.63. The van der Waals surface area contributed by atoms with E-state index in [1.807, 2.05) is 32.2 Å². The third-order valence-electron chi connectivity index (χ3n) is 5.22. The van der Waals surface area contributed by atoms with Crippen LogP contribution in [0.25, 0.3) is 0 Å². The summed E-state index contributed by atoms with van der Waals surface area (Å²) in [5.41, 5.74) is 1.27. The molecule has 0 aliphatic carbocycles. The van der Waals surface area contributed by atoms with Crippen molar-refractivity contribution in [3.8, 4) is 5.75 Å². The molecule has 3 rings (SSSR count). The number of aliphatic imine (C=N–C) groups is 1. The van der Waals surface area contributed by atoms with Gasteiger partial charge in [-0.2, -0.15) is 0 Å². The van der Waals surface area contributed by atoms with Crippen LogP contribution in [0.1, 0.15) is 36.0 Å². The SMILES string of the molecule is CN=C(NCCc1ccc(OC)cc1)NCC(c1ccc(C)o1)N1CCCC1. The summed E-state index contributed by atoms with van der Waals surface area (Å²) in [6.45, 7) is 5.83. The molecule has 6 heteroatoms. The maximum absolute atomic E-state index is 5.93. The molecule has 1 saturated heterocycles. The Balaban J connectivity index is 1.51. The highest BCUT2D eigenvalue weighted by Gasteiger charge is 2.26. The number of hydrogen-bond donors (Lipinski definition) is 2. The van der Waals surface area contributed by atoms with E-state index in [2.05, 4.69) is 38.7 Å². The van der Waals surface area contributed by atoms with E-state index in [9.17, 15) is 0 Å². The number of guanidine groups is 1. The van der Waals surface area contributed by atoms with Crippen molar-refractivity contribution in [2.75, 3.05) is 40.3 Å². The van der Waals surface area contributed by atoms with E-state index in [1.54, 1.807) is 7.11 Å². The van der Waals surface area contributed by atoms with E-state index in [-0.39, 0.29) is 6.04 Å².